The second-order valence-corrected chi connectivity index (χ2v) is 8.86. The van der Waals surface area contributed by atoms with E-state index in [1.165, 1.54) is 21.1 Å². The summed E-state index contributed by atoms with van der Waals surface area (Å²) >= 11 is 8.28. The lowest BCUT2D eigenvalue weighted by Gasteiger charge is -2.17. The highest BCUT2D eigenvalue weighted by molar-refractivity contribution is 8.11. The fraction of sp³-hybridized carbons (Fsp3) is 0.389. The fourth-order valence-corrected chi connectivity index (χ4v) is 5.83. The Morgan fingerprint density at radius 1 is 1.19 bits per heavy atom. The number of hydrogen-bond acceptors (Lipinski definition) is 6. The predicted octanol–water partition coefficient (Wildman–Crippen LogP) is 1.28. The van der Waals surface area contributed by atoms with E-state index in [0.717, 1.165) is 17.3 Å². The van der Waals surface area contributed by atoms with Crippen LogP contribution in [0.2, 0.25) is 0 Å². The first-order chi connectivity index (χ1) is 12.7. The summed E-state index contributed by atoms with van der Waals surface area (Å²) in [4.78, 5) is 32.4. The van der Waals surface area contributed by atoms with Crippen molar-refractivity contribution in [2.75, 3.05) is 20.6 Å². The van der Waals surface area contributed by atoms with Crippen molar-refractivity contribution in [3.05, 3.63) is 42.8 Å². The molecule has 1 aromatic heterocycles. The summed E-state index contributed by atoms with van der Waals surface area (Å²) in [6.07, 6.45) is 1.67. The summed E-state index contributed by atoms with van der Waals surface area (Å²) in [6, 6.07) is 0. The normalized spacial score (nSPS) is 21.9. The zero-order valence-corrected chi connectivity index (χ0v) is 18.5. The van der Waals surface area contributed by atoms with Crippen LogP contribution in [-0.2, 0) is 11.3 Å². The number of thiazole rings is 1. The van der Waals surface area contributed by atoms with Crippen LogP contribution >= 0.6 is 35.3 Å². The van der Waals surface area contributed by atoms with Gasteiger partial charge in [-0.05, 0) is 33.0 Å². The molecule has 0 saturated carbocycles. The molecule has 0 atom stereocenters. The Labute approximate surface area is 171 Å². The standard InChI is InChI=1S/C18H22N4O2S3/c1-7-9-22-15(24)13(17-21(8-2)10(3)11(4)26-17)27-16(22)12-14(23)20(6)18(25)19(12)5/h7H,1,8-9H2,2-6H3/b16-12-,17-13-. The summed E-state index contributed by atoms with van der Waals surface area (Å²) < 4.78 is 2.87. The number of carbonyl (C=O) groups excluding carboxylic acids is 1. The first kappa shape index (κ1) is 19.9. The van der Waals surface area contributed by atoms with Gasteiger partial charge in [-0.3, -0.25) is 19.1 Å². The molecule has 3 heterocycles. The van der Waals surface area contributed by atoms with Crippen LogP contribution in [0.4, 0.5) is 0 Å². The van der Waals surface area contributed by atoms with E-state index >= 15 is 0 Å². The third-order valence-electron chi connectivity index (χ3n) is 4.73. The molecular formula is C18H22N4O2S3. The molecule has 0 radical (unpaired) electrons. The number of thiocarbonyl (C=S) groups is 1. The van der Waals surface area contributed by atoms with Gasteiger partial charge in [-0.1, -0.05) is 17.8 Å². The Morgan fingerprint density at radius 2 is 1.85 bits per heavy atom. The highest BCUT2D eigenvalue weighted by atomic mass is 32.2. The van der Waals surface area contributed by atoms with Gasteiger partial charge in [-0.15, -0.1) is 17.9 Å². The quantitative estimate of drug-likeness (QED) is 0.540. The zero-order chi connectivity index (χ0) is 20.0. The molecule has 144 valence electrons. The maximum Gasteiger partial charge on any atom is 0.279 e. The molecule has 0 bridgehead atoms. The van der Waals surface area contributed by atoms with E-state index in [1.54, 1.807) is 41.4 Å². The predicted molar refractivity (Wildman–Crippen MR) is 116 cm³/mol. The van der Waals surface area contributed by atoms with Gasteiger partial charge < -0.3 is 9.80 Å². The van der Waals surface area contributed by atoms with E-state index in [2.05, 4.69) is 32.3 Å². The maximum absolute atomic E-state index is 13.2. The van der Waals surface area contributed by atoms with E-state index in [9.17, 15) is 9.59 Å². The minimum Gasteiger partial charge on any atom is -0.338 e. The second kappa shape index (κ2) is 7.29. The Morgan fingerprint density at radius 3 is 2.37 bits per heavy atom. The number of rotatable bonds is 3. The van der Waals surface area contributed by atoms with Gasteiger partial charge in [0.15, 0.2) is 5.11 Å². The fourth-order valence-electron chi connectivity index (χ4n) is 3.13. The van der Waals surface area contributed by atoms with E-state index in [1.807, 2.05) is 0 Å². The van der Waals surface area contributed by atoms with Crippen molar-refractivity contribution in [2.24, 2.45) is 0 Å². The van der Waals surface area contributed by atoms with Crippen LogP contribution in [0.25, 0.3) is 10.7 Å². The van der Waals surface area contributed by atoms with Crippen LogP contribution in [0.5, 0.6) is 0 Å². The molecule has 1 fully saturated rings. The van der Waals surface area contributed by atoms with Crippen molar-refractivity contribution in [3.8, 4) is 0 Å². The van der Waals surface area contributed by atoms with Gasteiger partial charge in [0.05, 0.1) is 0 Å². The average molecular weight is 423 g/mol. The molecule has 0 aromatic carbocycles. The molecule has 6 nitrogen and oxygen atoms in total. The van der Waals surface area contributed by atoms with Crippen molar-refractivity contribution in [1.29, 1.82) is 0 Å². The number of nitrogens with zero attached hydrogens (tertiary/aromatic N) is 4. The summed E-state index contributed by atoms with van der Waals surface area (Å²) in [7, 11) is 3.41. The molecule has 9 heteroatoms. The van der Waals surface area contributed by atoms with Gasteiger partial charge >= 0.3 is 0 Å². The molecule has 2 aliphatic rings. The molecule has 1 aromatic rings. The monoisotopic (exact) mass is 422 g/mol. The van der Waals surface area contributed by atoms with Gasteiger partial charge in [-0.25, -0.2) is 0 Å². The van der Waals surface area contributed by atoms with E-state index in [-0.39, 0.29) is 11.5 Å². The second-order valence-electron chi connectivity index (χ2n) is 6.29. The zero-order valence-electron chi connectivity index (χ0n) is 16.0. The largest absolute Gasteiger partial charge is 0.338 e. The Bertz CT molecular complexity index is 1060. The first-order valence-electron chi connectivity index (χ1n) is 8.52. The van der Waals surface area contributed by atoms with Crippen molar-refractivity contribution < 1.29 is 4.79 Å². The summed E-state index contributed by atoms with van der Waals surface area (Å²) in [6.45, 7) is 11.1. The molecule has 0 aliphatic carbocycles. The molecule has 0 spiro atoms. The van der Waals surface area contributed by atoms with Crippen LogP contribution in [0.3, 0.4) is 0 Å². The maximum atomic E-state index is 13.2. The number of thioether (sulfide) groups is 1. The molecule has 1 saturated heterocycles. The summed E-state index contributed by atoms with van der Waals surface area (Å²) in [5.74, 6) is -0.199. The van der Waals surface area contributed by atoms with Crippen molar-refractivity contribution >= 4 is 57.1 Å². The molecule has 0 unspecified atom stereocenters. The lowest BCUT2D eigenvalue weighted by molar-refractivity contribution is -0.120. The van der Waals surface area contributed by atoms with Gasteiger partial charge in [-0.2, -0.15) is 0 Å². The van der Waals surface area contributed by atoms with E-state index in [0.29, 0.717) is 26.5 Å². The van der Waals surface area contributed by atoms with Gasteiger partial charge in [0.25, 0.3) is 11.5 Å². The molecule has 1 amide bonds. The highest BCUT2D eigenvalue weighted by Crippen LogP contribution is 2.40. The number of amides is 1. The van der Waals surface area contributed by atoms with Crippen LogP contribution in [0.1, 0.15) is 20.8 Å². The minimum absolute atomic E-state index is 0.104. The number of carbonyl (C=O) groups is 1. The lowest BCUT2D eigenvalue weighted by Crippen LogP contribution is -2.35. The number of likely N-dealkylation sites (N-methyl/N-ethyl adjacent to an activating group) is 2. The van der Waals surface area contributed by atoms with E-state index < -0.39 is 0 Å². The van der Waals surface area contributed by atoms with Crippen molar-refractivity contribution in [3.63, 3.8) is 0 Å². The number of aromatic nitrogens is 1. The van der Waals surface area contributed by atoms with Gasteiger partial charge in [0.1, 0.15) is 19.9 Å². The van der Waals surface area contributed by atoms with Crippen LogP contribution in [-0.4, -0.2) is 50.9 Å². The van der Waals surface area contributed by atoms with Crippen LogP contribution < -0.4 is 14.8 Å². The summed E-state index contributed by atoms with van der Waals surface area (Å²) in [5.41, 5.74) is 1.49. The lowest BCUT2D eigenvalue weighted by atomic mass is 10.4. The molecule has 3 rings (SSSR count). The Kier molecular flexibility index (Phi) is 5.38. The minimum atomic E-state index is -0.199. The Hall–Kier alpha value is -1.84. The SMILES string of the molecule is C=CCn1c(=O)/c(=C2/SC(C)=C(C)N2CC)s/c1=C1/C(=O)N(C)C(=S)N1C. The van der Waals surface area contributed by atoms with Crippen LogP contribution in [0, 0.1) is 0 Å². The molecular weight excluding hydrogens is 400 g/mol. The van der Waals surface area contributed by atoms with Crippen molar-refractivity contribution in [1.82, 2.24) is 19.3 Å². The third kappa shape index (κ3) is 2.97. The van der Waals surface area contributed by atoms with Crippen molar-refractivity contribution in [2.45, 2.75) is 27.3 Å². The number of hydrogen-bond donors (Lipinski definition) is 0. The molecule has 2 aliphatic heterocycles. The molecule has 27 heavy (non-hydrogen) atoms. The van der Waals surface area contributed by atoms with E-state index in [4.69, 9.17) is 12.2 Å². The number of allylic oxidation sites excluding steroid dienone is 3. The smallest absolute Gasteiger partial charge is 0.279 e. The van der Waals surface area contributed by atoms with Gasteiger partial charge in [0.2, 0.25) is 0 Å². The first-order valence-corrected chi connectivity index (χ1v) is 10.6. The average Bonchev–Trinajstić information content (AvgIpc) is 3.17. The topological polar surface area (TPSA) is 48.8 Å². The van der Waals surface area contributed by atoms with Crippen LogP contribution in [0.15, 0.2) is 28.1 Å². The summed E-state index contributed by atoms with van der Waals surface area (Å²) in [5, 5.41) is 1.35. The highest BCUT2D eigenvalue weighted by Gasteiger charge is 2.35. The Balaban J connectivity index is 2.40. The van der Waals surface area contributed by atoms with Gasteiger partial charge in [0, 0.05) is 37.8 Å². The third-order valence-corrected chi connectivity index (χ3v) is 7.81. The molecule has 0 N–H and O–H groups in total.